The molecule has 0 atom stereocenters. The molecule has 1 fully saturated rings. The van der Waals surface area contributed by atoms with Crippen LogP contribution in [-0.4, -0.2) is 33.6 Å². The van der Waals surface area contributed by atoms with Crippen molar-refractivity contribution in [2.75, 3.05) is 13.1 Å². The third-order valence-corrected chi connectivity index (χ3v) is 3.96. The van der Waals surface area contributed by atoms with E-state index in [0.717, 1.165) is 42.8 Å². The summed E-state index contributed by atoms with van der Waals surface area (Å²) < 4.78 is 1.82. The summed E-state index contributed by atoms with van der Waals surface area (Å²) >= 11 is 0. The molecular formula is C14H19N3O. The molecule has 4 nitrogen and oxygen atoms in total. The van der Waals surface area contributed by atoms with Crippen molar-refractivity contribution in [2.24, 2.45) is 7.05 Å². The Balaban J connectivity index is 1.83. The van der Waals surface area contributed by atoms with Crippen LogP contribution in [0.15, 0.2) is 18.0 Å². The standard InChI is InChI=1S/C14H19N3O/c1-16-13-6-5-11(14(18)12(13)9-15-16)10-17-7-3-2-4-8-17/h9-10H,2-8H2,1H3/b11-10+. The van der Waals surface area contributed by atoms with Crippen molar-refractivity contribution in [3.63, 3.8) is 0 Å². The Morgan fingerprint density at radius 1 is 1.22 bits per heavy atom. The summed E-state index contributed by atoms with van der Waals surface area (Å²) in [4.78, 5) is 14.7. The summed E-state index contributed by atoms with van der Waals surface area (Å²) in [5, 5.41) is 4.18. The molecule has 2 heterocycles. The first-order chi connectivity index (χ1) is 8.75. The number of hydrogen-bond acceptors (Lipinski definition) is 3. The Labute approximate surface area is 107 Å². The van der Waals surface area contributed by atoms with E-state index in [1.165, 1.54) is 19.3 Å². The second kappa shape index (κ2) is 4.59. The summed E-state index contributed by atoms with van der Waals surface area (Å²) in [7, 11) is 1.91. The van der Waals surface area contributed by atoms with E-state index < -0.39 is 0 Å². The van der Waals surface area contributed by atoms with E-state index in [4.69, 9.17) is 0 Å². The van der Waals surface area contributed by atoms with Crippen LogP contribution in [0.1, 0.15) is 41.7 Å². The van der Waals surface area contributed by atoms with E-state index in [1.807, 2.05) is 11.7 Å². The highest BCUT2D eigenvalue weighted by Crippen LogP contribution is 2.25. The molecule has 4 heteroatoms. The molecule has 0 amide bonds. The summed E-state index contributed by atoms with van der Waals surface area (Å²) in [6.45, 7) is 2.19. The van der Waals surface area contributed by atoms with Crippen LogP contribution in [0.3, 0.4) is 0 Å². The molecule has 0 N–H and O–H groups in total. The summed E-state index contributed by atoms with van der Waals surface area (Å²) in [6, 6.07) is 0. The molecule has 1 aliphatic heterocycles. The number of carbonyl (C=O) groups is 1. The van der Waals surface area contributed by atoms with E-state index in [-0.39, 0.29) is 5.78 Å². The number of rotatable bonds is 1. The Morgan fingerprint density at radius 2 is 2.00 bits per heavy atom. The SMILES string of the molecule is Cn1ncc2c1CC/C(=C\N1CCCCC1)C2=O. The van der Waals surface area contributed by atoms with E-state index in [0.29, 0.717) is 0 Å². The zero-order valence-electron chi connectivity index (χ0n) is 10.9. The lowest BCUT2D eigenvalue weighted by atomic mass is 9.92. The molecule has 0 spiro atoms. The zero-order chi connectivity index (χ0) is 12.5. The van der Waals surface area contributed by atoms with Crippen molar-refractivity contribution in [3.05, 3.63) is 29.2 Å². The number of likely N-dealkylation sites (tertiary alicyclic amines) is 1. The summed E-state index contributed by atoms with van der Waals surface area (Å²) in [6.07, 6.45) is 9.39. The molecule has 18 heavy (non-hydrogen) atoms. The van der Waals surface area contributed by atoms with Crippen molar-refractivity contribution in [2.45, 2.75) is 32.1 Å². The Morgan fingerprint density at radius 3 is 2.78 bits per heavy atom. The lowest BCUT2D eigenvalue weighted by Gasteiger charge is -2.27. The van der Waals surface area contributed by atoms with E-state index in [2.05, 4.69) is 16.2 Å². The smallest absolute Gasteiger partial charge is 0.193 e. The van der Waals surface area contributed by atoms with Crippen molar-refractivity contribution < 1.29 is 4.79 Å². The number of piperidine rings is 1. The predicted octanol–water partition coefficient (Wildman–Crippen LogP) is 1.92. The molecule has 1 saturated heterocycles. The van der Waals surface area contributed by atoms with Crippen LogP contribution < -0.4 is 0 Å². The largest absolute Gasteiger partial charge is 0.377 e. The fourth-order valence-electron chi connectivity index (χ4n) is 2.88. The van der Waals surface area contributed by atoms with Gasteiger partial charge in [0.2, 0.25) is 0 Å². The lowest BCUT2D eigenvalue weighted by molar-refractivity contribution is 0.102. The molecular weight excluding hydrogens is 226 g/mol. The zero-order valence-corrected chi connectivity index (χ0v) is 10.9. The van der Waals surface area contributed by atoms with Crippen molar-refractivity contribution in [3.8, 4) is 0 Å². The molecule has 0 aromatic carbocycles. The predicted molar refractivity (Wildman–Crippen MR) is 69.4 cm³/mol. The third kappa shape index (κ3) is 1.96. The van der Waals surface area contributed by atoms with Crippen LogP contribution in [0, 0.1) is 0 Å². The highest BCUT2D eigenvalue weighted by Gasteiger charge is 2.25. The highest BCUT2D eigenvalue weighted by atomic mass is 16.1. The Hall–Kier alpha value is -1.58. The van der Waals surface area contributed by atoms with Gasteiger partial charge in [0.1, 0.15) is 0 Å². The minimum atomic E-state index is 0.176. The molecule has 96 valence electrons. The fourth-order valence-corrected chi connectivity index (χ4v) is 2.88. The molecule has 0 saturated carbocycles. The lowest BCUT2D eigenvalue weighted by Crippen LogP contribution is -2.26. The van der Waals surface area contributed by atoms with Gasteiger partial charge < -0.3 is 4.90 Å². The third-order valence-electron chi connectivity index (χ3n) is 3.96. The second-order valence-electron chi connectivity index (χ2n) is 5.21. The molecule has 1 aliphatic carbocycles. The maximum atomic E-state index is 12.4. The molecule has 0 bridgehead atoms. The van der Waals surface area contributed by atoms with Gasteiger partial charge in [0.25, 0.3) is 0 Å². The first-order valence-electron chi connectivity index (χ1n) is 6.76. The number of fused-ring (bicyclic) bond motifs is 1. The highest BCUT2D eigenvalue weighted by molar-refractivity contribution is 6.10. The van der Waals surface area contributed by atoms with Gasteiger partial charge >= 0.3 is 0 Å². The van der Waals surface area contributed by atoms with E-state index in [1.54, 1.807) is 6.20 Å². The fraction of sp³-hybridized carbons (Fsp3) is 0.571. The molecule has 3 rings (SSSR count). The van der Waals surface area contributed by atoms with Gasteiger partial charge in [-0.3, -0.25) is 9.48 Å². The van der Waals surface area contributed by atoms with Crippen LogP contribution in [0.4, 0.5) is 0 Å². The van der Waals surface area contributed by atoms with E-state index in [9.17, 15) is 4.79 Å². The monoisotopic (exact) mass is 245 g/mol. The van der Waals surface area contributed by atoms with Crippen LogP contribution in [0.5, 0.6) is 0 Å². The normalized spacial score (nSPS) is 22.4. The van der Waals surface area contributed by atoms with Gasteiger partial charge in [-0.25, -0.2) is 0 Å². The minimum Gasteiger partial charge on any atom is -0.377 e. The summed E-state index contributed by atoms with van der Waals surface area (Å²) in [5.41, 5.74) is 2.83. The number of nitrogens with zero attached hydrogens (tertiary/aromatic N) is 3. The topological polar surface area (TPSA) is 38.1 Å². The Kier molecular flexibility index (Phi) is 2.94. The van der Waals surface area contributed by atoms with Gasteiger partial charge in [0.05, 0.1) is 11.8 Å². The first kappa shape index (κ1) is 11.5. The van der Waals surface area contributed by atoms with Gasteiger partial charge in [-0.2, -0.15) is 5.10 Å². The second-order valence-corrected chi connectivity index (χ2v) is 5.21. The van der Waals surface area contributed by atoms with Crippen LogP contribution in [-0.2, 0) is 13.5 Å². The van der Waals surface area contributed by atoms with Crippen LogP contribution in [0.2, 0.25) is 0 Å². The van der Waals surface area contributed by atoms with Gasteiger partial charge in [0, 0.05) is 37.6 Å². The molecule has 1 aromatic rings. The van der Waals surface area contributed by atoms with Crippen molar-refractivity contribution in [1.82, 2.24) is 14.7 Å². The maximum Gasteiger partial charge on any atom is 0.193 e. The molecule has 0 unspecified atom stereocenters. The number of hydrogen-bond donors (Lipinski definition) is 0. The number of Topliss-reactive ketones (excluding diaryl/α,β-unsaturated/α-hetero) is 1. The van der Waals surface area contributed by atoms with Gasteiger partial charge in [0.15, 0.2) is 5.78 Å². The molecule has 2 aliphatic rings. The number of aryl methyl sites for hydroxylation is 1. The average molecular weight is 245 g/mol. The van der Waals surface area contributed by atoms with Gasteiger partial charge in [-0.05, 0) is 32.1 Å². The minimum absolute atomic E-state index is 0.176. The van der Waals surface area contributed by atoms with Crippen LogP contribution >= 0.6 is 0 Å². The number of ketones is 1. The van der Waals surface area contributed by atoms with Crippen LogP contribution in [0.25, 0.3) is 0 Å². The summed E-state index contributed by atoms with van der Waals surface area (Å²) in [5.74, 6) is 0.176. The molecule has 0 radical (unpaired) electrons. The van der Waals surface area contributed by atoms with Gasteiger partial charge in [-0.1, -0.05) is 0 Å². The Bertz CT molecular complexity index is 495. The van der Waals surface area contributed by atoms with Crippen molar-refractivity contribution in [1.29, 1.82) is 0 Å². The maximum absolute atomic E-state index is 12.4. The first-order valence-corrected chi connectivity index (χ1v) is 6.76. The van der Waals surface area contributed by atoms with Crippen molar-refractivity contribution >= 4 is 5.78 Å². The van der Waals surface area contributed by atoms with E-state index >= 15 is 0 Å². The average Bonchev–Trinajstić information content (AvgIpc) is 2.77. The quantitative estimate of drug-likeness (QED) is 0.709. The molecule has 1 aromatic heterocycles. The van der Waals surface area contributed by atoms with Gasteiger partial charge in [-0.15, -0.1) is 0 Å². The number of carbonyl (C=O) groups excluding carboxylic acids is 1. The number of allylic oxidation sites excluding steroid dienone is 1. The number of aromatic nitrogens is 2.